The Hall–Kier alpha value is -3.11. The molecule has 1 aliphatic heterocycles. The fraction of sp³-hybridized carbons (Fsp3) is 0.240. The minimum absolute atomic E-state index is 0.0639. The van der Waals surface area contributed by atoms with Crippen molar-refractivity contribution in [2.75, 3.05) is 13.1 Å². The summed E-state index contributed by atoms with van der Waals surface area (Å²) in [4.78, 5) is 10.8. The van der Waals surface area contributed by atoms with Gasteiger partial charge in [0.05, 0.1) is 17.1 Å². The number of imidazole rings is 1. The minimum Gasteiger partial charge on any atom is -0.508 e. The number of para-hydroxylation sites is 3. The lowest BCUT2D eigenvalue weighted by atomic mass is 9.90. The predicted octanol–water partition coefficient (Wildman–Crippen LogP) is 5.24. The van der Waals surface area contributed by atoms with Gasteiger partial charge in [0.1, 0.15) is 11.6 Å². The molecule has 1 saturated heterocycles. The first kappa shape index (κ1) is 18.0. The van der Waals surface area contributed by atoms with E-state index in [4.69, 9.17) is 4.98 Å². The number of piperidine rings is 1. The maximum absolute atomic E-state index is 10.5. The Morgan fingerprint density at radius 1 is 0.862 bits per heavy atom. The van der Waals surface area contributed by atoms with Crippen molar-refractivity contribution in [1.29, 1.82) is 0 Å². The first-order valence-electron chi connectivity index (χ1n) is 10.3. The van der Waals surface area contributed by atoms with Gasteiger partial charge in [-0.15, -0.1) is 0 Å². The summed E-state index contributed by atoms with van der Waals surface area (Å²) in [7, 11) is 0. The van der Waals surface area contributed by atoms with Crippen molar-refractivity contribution in [2.45, 2.75) is 24.8 Å². The van der Waals surface area contributed by atoms with Crippen LogP contribution in [0.2, 0.25) is 0 Å². The lowest BCUT2D eigenvalue weighted by Gasteiger charge is -2.37. The SMILES string of the molecule is Oc1ccccc1C(c1ccccc1)N1CCC(c2nc3ccccc3[nH]2)CC1. The third-order valence-electron chi connectivity index (χ3n) is 6.04. The van der Waals surface area contributed by atoms with Crippen molar-refractivity contribution < 1.29 is 5.11 Å². The summed E-state index contributed by atoms with van der Waals surface area (Å²) >= 11 is 0. The fourth-order valence-corrected chi connectivity index (χ4v) is 4.54. The first-order valence-corrected chi connectivity index (χ1v) is 10.3. The monoisotopic (exact) mass is 383 g/mol. The molecule has 0 amide bonds. The Morgan fingerprint density at radius 2 is 1.55 bits per heavy atom. The summed E-state index contributed by atoms with van der Waals surface area (Å²) in [5.74, 6) is 1.91. The number of rotatable bonds is 4. The number of phenols is 1. The summed E-state index contributed by atoms with van der Waals surface area (Å²) in [6.07, 6.45) is 2.10. The number of nitrogens with one attached hydrogen (secondary N) is 1. The van der Waals surface area contributed by atoms with Gasteiger partial charge in [0, 0.05) is 11.5 Å². The second-order valence-electron chi connectivity index (χ2n) is 7.82. The molecule has 2 heterocycles. The van der Waals surface area contributed by atoms with E-state index in [1.165, 1.54) is 5.56 Å². The number of fused-ring (bicyclic) bond motifs is 1. The third-order valence-corrected chi connectivity index (χ3v) is 6.04. The zero-order valence-electron chi connectivity index (χ0n) is 16.3. The van der Waals surface area contributed by atoms with Crippen molar-refractivity contribution in [3.8, 4) is 5.75 Å². The van der Waals surface area contributed by atoms with Crippen LogP contribution in [0.15, 0.2) is 78.9 Å². The second kappa shape index (κ2) is 7.72. The van der Waals surface area contributed by atoms with Crippen molar-refractivity contribution in [3.63, 3.8) is 0 Å². The van der Waals surface area contributed by atoms with E-state index >= 15 is 0 Å². The molecule has 0 spiro atoms. The fourth-order valence-electron chi connectivity index (χ4n) is 4.54. The van der Waals surface area contributed by atoms with Gasteiger partial charge in [-0.25, -0.2) is 4.98 Å². The number of benzene rings is 3. The van der Waals surface area contributed by atoms with Crippen LogP contribution in [0.25, 0.3) is 11.0 Å². The summed E-state index contributed by atoms with van der Waals surface area (Å²) in [6.45, 7) is 1.94. The molecule has 2 N–H and O–H groups in total. The molecule has 4 aromatic rings. The topological polar surface area (TPSA) is 52.1 Å². The van der Waals surface area contributed by atoms with Crippen LogP contribution in [-0.4, -0.2) is 33.1 Å². The zero-order chi connectivity index (χ0) is 19.6. The van der Waals surface area contributed by atoms with Gasteiger partial charge in [0.15, 0.2) is 0 Å². The minimum atomic E-state index is 0.0639. The molecule has 1 unspecified atom stereocenters. The molecule has 4 nitrogen and oxygen atoms in total. The van der Waals surface area contributed by atoms with E-state index in [1.807, 2.05) is 36.4 Å². The quantitative estimate of drug-likeness (QED) is 0.507. The number of phenolic OH excluding ortho intramolecular Hbond substituents is 1. The van der Waals surface area contributed by atoms with Gasteiger partial charge in [-0.05, 0) is 49.7 Å². The number of aromatic nitrogens is 2. The molecule has 0 saturated carbocycles. The van der Waals surface area contributed by atoms with E-state index in [0.29, 0.717) is 11.7 Å². The normalized spacial score (nSPS) is 16.8. The Kier molecular flexibility index (Phi) is 4.78. The molecule has 1 atom stereocenters. The highest BCUT2D eigenvalue weighted by molar-refractivity contribution is 5.74. The maximum Gasteiger partial charge on any atom is 0.120 e. The Bertz CT molecular complexity index is 1060. The molecule has 1 aromatic heterocycles. The second-order valence-corrected chi connectivity index (χ2v) is 7.82. The lowest BCUT2D eigenvalue weighted by Crippen LogP contribution is -2.37. The van der Waals surface area contributed by atoms with Crippen LogP contribution in [0.4, 0.5) is 0 Å². The van der Waals surface area contributed by atoms with Crippen LogP contribution >= 0.6 is 0 Å². The number of hydrogen-bond acceptors (Lipinski definition) is 3. The number of H-pyrrole nitrogens is 1. The smallest absolute Gasteiger partial charge is 0.120 e. The molecule has 1 fully saturated rings. The first-order chi connectivity index (χ1) is 14.3. The third kappa shape index (κ3) is 3.52. The highest BCUT2D eigenvalue weighted by Gasteiger charge is 2.30. The van der Waals surface area contributed by atoms with Crippen LogP contribution in [0, 0.1) is 0 Å². The van der Waals surface area contributed by atoms with Gasteiger partial charge in [-0.1, -0.05) is 60.7 Å². The van der Waals surface area contributed by atoms with Gasteiger partial charge in [0.2, 0.25) is 0 Å². The van der Waals surface area contributed by atoms with E-state index in [-0.39, 0.29) is 6.04 Å². The van der Waals surface area contributed by atoms with Crippen molar-refractivity contribution >= 4 is 11.0 Å². The van der Waals surface area contributed by atoms with Crippen molar-refractivity contribution in [2.24, 2.45) is 0 Å². The standard InChI is InChI=1S/C25H25N3O/c29-23-13-7-4-10-20(23)24(18-8-2-1-3-9-18)28-16-14-19(15-17-28)25-26-21-11-5-6-12-22(21)27-25/h1-13,19,24,29H,14-17H2,(H,26,27). The Labute approximate surface area is 170 Å². The van der Waals surface area contributed by atoms with Crippen LogP contribution in [-0.2, 0) is 0 Å². The number of aromatic hydroxyl groups is 1. The van der Waals surface area contributed by atoms with E-state index in [1.54, 1.807) is 6.07 Å². The summed E-state index contributed by atoms with van der Waals surface area (Å²) in [6, 6.07) is 26.5. The highest BCUT2D eigenvalue weighted by atomic mass is 16.3. The number of aromatic amines is 1. The lowest BCUT2D eigenvalue weighted by molar-refractivity contribution is 0.170. The molecule has 146 valence electrons. The van der Waals surface area contributed by atoms with Gasteiger partial charge in [0.25, 0.3) is 0 Å². The van der Waals surface area contributed by atoms with E-state index in [0.717, 1.165) is 48.4 Å². The summed E-state index contributed by atoms with van der Waals surface area (Å²) in [5.41, 5.74) is 4.35. The zero-order valence-corrected chi connectivity index (χ0v) is 16.3. The van der Waals surface area contributed by atoms with E-state index in [9.17, 15) is 5.11 Å². The molecule has 5 rings (SSSR count). The molecule has 0 radical (unpaired) electrons. The molecule has 0 bridgehead atoms. The Morgan fingerprint density at radius 3 is 2.31 bits per heavy atom. The van der Waals surface area contributed by atoms with Crippen LogP contribution in [0.5, 0.6) is 5.75 Å². The van der Waals surface area contributed by atoms with Crippen molar-refractivity contribution in [1.82, 2.24) is 14.9 Å². The van der Waals surface area contributed by atoms with E-state index in [2.05, 4.69) is 46.3 Å². The summed E-state index contributed by atoms with van der Waals surface area (Å²) in [5, 5.41) is 10.5. The number of hydrogen-bond donors (Lipinski definition) is 2. The van der Waals surface area contributed by atoms with Gasteiger partial charge in [-0.3, -0.25) is 4.90 Å². The van der Waals surface area contributed by atoms with Crippen molar-refractivity contribution in [3.05, 3.63) is 95.8 Å². The average molecular weight is 383 g/mol. The molecular weight excluding hydrogens is 358 g/mol. The molecular formula is C25H25N3O. The maximum atomic E-state index is 10.5. The van der Waals surface area contributed by atoms with E-state index < -0.39 is 0 Å². The van der Waals surface area contributed by atoms with Gasteiger partial charge < -0.3 is 10.1 Å². The van der Waals surface area contributed by atoms with Crippen LogP contribution in [0.1, 0.15) is 41.8 Å². The number of nitrogens with zero attached hydrogens (tertiary/aromatic N) is 2. The molecule has 3 aromatic carbocycles. The molecule has 29 heavy (non-hydrogen) atoms. The highest BCUT2D eigenvalue weighted by Crippen LogP contribution is 2.38. The van der Waals surface area contributed by atoms with Crippen LogP contribution in [0.3, 0.4) is 0 Å². The average Bonchev–Trinajstić information content (AvgIpc) is 3.21. The molecule has 0 aliphatic carbocycles. The van der Waals surface area contributed by atoms with Gasteiger partial charge >= 0.3 is 0 Å². The largest absolute Gasteiger partial charge is 0.508 e. The number of likely N-dealkylation sites (tertiary alicyclic amines) is 1. The summed E-state index contributed by atoms with van der Waals surface area (Å²) < 4.78 is 0. The Balaban J connectivity index is 1.40. The predicted molar refractivity (Wildman–Crippen MR) is 116 cm³/mol. The molecule has 4 heteroatoms. The van der Waals surface area contributed by atoms with Crippen LogP contribution < -0.4 is 0 Å². The van der Waals surface area contributed by atoms with Gasteiger partial charge in [-0.2, -0.15) is 0 Å². The molecule has 1 aliphatic rings.